The molecule has 0 aromatic heterocycles. The van der Waals surface area contributed by atoms with Gasteiger partial charge in [0.1, 0.15) is 0 Å². The van der Waals surface area contributed by atoms with Crippen molar-refractivity contribution < 1.29 is 4.57 Å². The first-order chi connectivity index (χ1) is 16.0. The zero-order valence-corrected chi connectivity index (χ0v) is 22.5. The number of hydrogen-bond donors (Lipinski definition) is 0. The van der Waals surface area contributed by atoms with Crippen LogP contribution in [0, 0.1) is 6.92 Å². The maximum absolute atomic E-state index is 15.2. The van der Waals surface area contributed by atoms with Gasteiger partial charge in [-0.25, -0.2) is 0 Å². The van der Waals surface area contributed by atoms with E-state index in [0.29, 0.717) is 0 Å². The Hall–Kier alpha value is -1.93. The lowest BCUT2D eigenvalue weighted by Crippen LogP contribution is -2.28. The predicted molar refractivity (Wildman–Crippen MR) is 148 cm³/mol. The fraction of sp³-hybridized carbons (Fsp3) is 0.172. The van der Waals surface area contributed by atoms with Crippen LogP contribution in [0.3, 0.4) is 0 Å². The number of aryl methyl sites for hydroxylation is 1. The molecule has 0 amide bonds. The zero-order valence-electron chi connectivity index (χ0n) is 18.4. The van der Waals surface area contributed by atoms with E-state index in [1.807, 2.05) is 60.7 Å². The number of benzene rings is 4. The maximum atomic E-state index is 15.2. The number of halogens is 2. The molecule has 0 fully saturated rings. The van der Waals surface area contributed by atoms with Gasteiger partial charge in [-0.3, -0.25) is 0 Å². The third-order valence-corrected chi connectivity index (χ3v) is 11.4. The van der Waals surface area contributed by atoms with Crippen LogP contribution in [0.2, 0.25) is 0 Å². The SMILES string of the molecule is Cc1cc2ccc1CC(Br)c1ccc(c(P(=O)(c3ccccc3)c3ccccc3)c1)CC2Br. The molecule has 1 nitrogen and oxygen atoms in total. The Kier molecular flexibility index (Phi) is 6.49. The molecular weight excluding hydrogens is 555 g/mol. The van der Waals surface area contributed by atoms with Crippen molar-refractivity contribution in [2.45, 2.75) is 29.4 Å². The van der Waals surface area contributed by atoms with E-state index in [1.165, 1.54) is 16.7 Å². The summed E-state index contributed by atoms with van der Waals surface area (Å²) in [6.07, 6.45) is 1.66. The molecule has 0 saturated carbocycles. The van der Waals surface area contributed by atoms with Crippen LogP contribution in [0.15, 0.2) is 97.1 Å². The van der Waals surface area contributed by atoms with Gasteiger partial charge in [-0.15, -0.1) is 0 Å². The maximum Gasteiger partial charge on any atom is 0.171 e. The van der Waals surface area contributed by atoms with Gasteiger partial charge in [0.2, 0.25) is 0 Å². The van der Waals surface area contributed by atoms with E-state index in [2.05, 4.69) is 75.2 Å². The van der Waals surface area contributed by atoms with Crippen LogP contribution in [0.5, 0.6) is 0 Å². The summed E-state index contributed by atoms with van der Waals surface area (Å²) in [6.45, 7) is 2.19. The molecule has 0 spiro atoms. The molecule has 4 aromatic carbocycles. The highest BCUT2D eigenvalue weighted by atomic mass is 79.9. The minimum absolute atomic E-state index is 0.147. The summed E-state index contributed by atoms with van der Waals surface area (Å²) in [6, 6.07) is 33.3. The first-order valence-corrected chi connectivity index (χ1v) is 14.7. The second-order valence-electron chi connectivity index (χ2n) is 8.70. The van der Waals surface area contributed by atoms with Gasteiger partial charge in [-0.05, 0) is 53.6 Å². The van der Waals surface area contributed by atoms with Crippen molar-refractivity contribution >= 4 is 54.9 Å². The van der Waals surface area contributed by atoms with E-state index < -0.39 is 7.14 Å². The van der Waals surface area contributed by atoms with E-state index >= 15 is 4.57 Å². The van der Waals surface area contributed by atoms with Gasteiger partial charge in [0.25, 0.3) is 0 Å². The Balaban J connectivity index is 1.76. The Labute approximate surface area is 212 Å². The fourth-order valence-electron chi connectivity index (χ4n) is 4.71. The molecule has 2 atom stereocenters. The summed E-state index contributed by atoms with van der Waals surface area (Å²) in [5, 5.41) is 2.69. The lowest BCUT2D eigenvalue weighted by atomic mass is 9.94. The minimum atomic E-state index is -3.07. The van der Waals surface area contributed by atoms with Gasteiger partial charge in [-0.1, -0.05) is 123 Å². The van der Waals surface area contributed by atoms with Gasteiger partial charge in [0, 0.05) is 25.6 Å². The highest BCUT2D eigenvalue weighted by Crippen LogP contribution is 2.45. The third kappa shape index (κ3) is 4.32. The second kappa shape index (κ2) is 9.37. The Bertz CT molecular complexity index is 1290. The Morgan fingerprint density at radius 3 is 1.70 bits per heavy atom. The standard InChI is InChI=1S/C29H25Br2OP/c1-20-16-22-13-12-21(20)17-27(30)23-14-15-24(18-28(22)31)29(19-23)33(32,25-8-4-2-5-9-25)26-10-6-3-7-11-26/h2-16,19,27-28H,17-18H2,1H3. The molecule has 0 N–H and O–H groups in total. The van der Waals surface area contributed by atoms with Crippen LogP contribution in [0.25, 0.3) is 0 Å². The van der Waals surface area contributed by atoms with Crippen molar-refractivity contribution in [3.8, 4) is 0 Å². The summed E-state index contributed by atoms with van der Waals surface area (Å²) < 4.78 is 15.2. The molecule has 4 heteroatoms. The highest BCUT2D eigenvalue weighted by Gasteiger charge is 2.33. The minimum Gasteiger partial charge on any atom is -0.309 e. The van der Waals surface area contributed by atoms with Crippen LogP contribution >= 0.6 is 39.0 Å². The molecule has 8 rings (SSSR count). The van der Waals surface area contributed by atoms with Gasteiger partial charge in [-0.2, -0.15) is 0 Å². The predicted octanol–water partition coefficient (Wildman–Crippen LogP) is 7.31. The Morgan fingerprint density at radius 2 is 1.15 bits per heavy atom. The average Bonchev–Trinajstić information content (AvgIpc) is 2.85. The Morgan fingerprint density at radius 1 is 0.667 bits per heavy atom. The topological polar surface area (TPSA) is 17.1 Å². The van der Waals surface area contributed by atoms with Gasteiger partial charge in [0.05, 0.1) is 0 Å². The van der Waals surface area contributed by atoms with Gasteiger partial charge < -0.3 is 4.57 Å². The van der Waals surface area contributed by atoms with Crippen molar-refractivity contribution in [1.82, 2.24) is 0 Å². The molecule has 4 aromatic rings. The molecule has 2 unspecified atom stereocenters. The van der Waals surface area contributed by atoms with E-state index in [4.69, 9.17) is 0 Å². The molecule has 4 aliphatic carbocycles. The summed E-state index contributed by atoms with van der Waals surface area (Å²) in [5.74, 6) is 0. The highest BCUT2D eigenvalue weighted by molar-refractivity contribution is 9.09. The van der Waals surface area contributed by atoms with Crippen LogP contribution in [-0.2, 0) is 17.4 Å². The van der Waals surface area contributed by atoms with E-state index in [1.54, 1.807) is 0 Å². The fourth-order valence-corrected chi connectivity index (χ4v) is 8.92. The van der Waals surface area contributed by atoms with Crippen LogP contribution in [-0.4, -0.2) is 0 Å². The summed E-state index contributed by atoms with van der Waals surface area (Å²) >= 11 is 7.89. The van der Waals surface area contributed by atoms with Crippen LogP contribution in [0.1, 0.15) is 37.5 Å². The lowest BCUT2D eigenvalue weighted by molar-refractivity contribution is 0.592. The van der Waals surface area contributed by atoms with Gasteiger partial charge in [0.15, 0.2) is 7.14 Å². The first kappa shape index (κ1) is 22.8. The number of hydrogen-bond acceptors (Lipinski definition) is 1. The smallest absolute Gasteiger partial charge is 0.171 e. The molecule has 166 valence electrons. The summed E-state index contributed by atoms with van der Waals surface area (Å²) in [7, 11) is -3.07. The molecular formula is C29H25Br2OP. The third-order valence-electron chi connectivity index (χ3n) is 6.58. The zero-order chi connectivity index (χ0) is 23.0. The molecule has 0 heterocycles. The number of rotatable bonds is 3. The lowest BCUT2D eigenvalue weighted by Gasteiger charge is -2.26. The molecule has 0 saturated heterocycles. The van der Waals surface area contributed by atoms with Gasteiger partial charge >= 0.3 is 0 Å². The molecule has 33 heavy (non-hydrogen) atoms. The second-order valence-corrected chi connectivity index (χ2v) is 13.6. The van der Waals surface area contributed by atoms with Crippen molar-refractivity contribution in [3.05, 3.63) is 125 Å². The summed E-state index contributed by atoms with van der Waals surface area (Å²) in [4.78, 5) is 0.295. The van der Waals surface area contributed by atoms with Crippen molar-refractivity contribution in [2.24, 2.45) is 0 Å². The van der Waals surface area contributed by atoms with E-state index in [0.717, 1.165) is 39.9 Å². The molecule has 4 bridgehead atoms. The first-order valence-electron chi connectivity index (χ1n) is 11.2. The molecule has 4 aliphatic rings. The number of alkyl halides is 2. The van der Waals surface area contributed by atoms with Crippen molar-refractivity contribution in [1.29, 1.82) is 0 Å². The normalized spacial score (nSPS) is 18.0. The van der Waals surface area contributed by atoms with Crippen molar-refractivity contribution in [2.75, 3.05) is 0 Å². The average molecular weight is 580 g/mol. The van der Waals surface area contributed by atoms with Crippen LogP contribution in [0.4, 0.5) is 0 Å². The van der Waals surface area contributed by atoms with E-state index in [9.17, 15) is 0 Å². The monoisotopic (exact) mass is 578 g/mol. The van der Waals surface area contributed by atoms with Crippen molar-refractivity contribution in [3.63, 3.8) is 0 Å². The molecule has 0 aliphatic heterocycles. The largest absolute Gasteiger partial charge is 0.309 e. The van der Waals surface area contributed by atoms with Crippen LogP contribution < -0.4 is 15.9 Å². The van der Waals surface area contributed by atoms with E-state index in [-0.39, 0.29) is 9.65 Å². The quantitative estimate of drug-likeness (QED) is 0.184. The molecule has 0 radical (unpaired) electrons. The summed E-state index contributed by atoms with van der Waals surface area (Å²) in [5.41, 5.74) is 6.19.